The number of cyclic esters (lactones) is 2. The summed E-state index contributed by atoms with van der Waals surface area (Å²) < 4.78 is 52.9. The predicted molar refractivity (Wildman–Crippen MR) is 34.8 cm³/mol. The van der Waals surface area contributed by atoms with Gasteiger partial charge in [0.15, 0.2) is 0 Å². The van der Waals surface area contributed by atoms with E-state index < -0.39 is 43.0 Å². The smallest absolute Gasteiger partial charge is 0.313 e. The lowest BCUT2D eigenvalue weighted by Crippen LogP contribution is -2.42. The largest absolute Gasteiger partial charge is 0.393 e. The molecule has 0 aliphatic carbocycles. The Hall–Kier alpha value is -1.14. The second-order valence-electron chi connectivity index (χ2n) is 2.93. The lowest BCUT2D eigenvalue weighted by Gasteiger charge is -2.27. The zero-order valence-electron chi connectivity index (χ0n) is 6.81. The van der Waals surface area contributed by atoms with E-state index in [2.05, 4.69) is 4.74 Å². The van der Waals surface area contributed by atoms with Crippen LogP contribution in [0.3, 0.4) is 0 Å². The van der Waals surface area contributed by atoms with Crippen LogP contribution in [0.5, 0.6) is 0 Å². The monoisotopic (exact) mass is 214 g/mol. The van der Waals surface area contributed by atoms with Crippen molar-refractivity contribution in [3.05, 3.63) is 0 Å². The van der Waals surface area contributed by atoms with Crippen molar-refractivity contribution < 1.29 is 31.9 Å². The lowest BCUT2D eigenvalue weighted by molar-refractivity contribution is -0.193. The average molecular weight is 214 g/mol. The topological polar surface area (TPSA) is 43.4 Å². The molecule has 0 bridgehead atoms. The third-order valence-corrected chi connectivity index (χ3v) is 1.89. The van der Waals surface area contributed by atoms with E-state index in [9.17, 15) is 27.2 Å². The second-order valence-corrected chi connectivity index (χ2v) is 2.93. The molecule has 7 heteroatoms. The van der Waals surface area contributed by atoms with E-state index in [-0.39, 0.29) is 0 Å². The molecule has 0 saturated carbocycles. The van der Waals surface area contributed by atoms with Gasteiger partial charge in [0, 0.05) is 5.92 Å². The Kier molecular flexibility index (Phi) is 2.77. The average Bonchev–Trinajstić information content (AvgIpc) is 2.01. The molecule has 1 aliphatic heterocycles. The van der Waals surface area contributed by atoms with Crippen LogP contribution < -0.4 is 0 Å². The van der Waals surface area contributed by atoms with Crippen molar-refractivity contribution >= 4 is 11.9 Å². The van der Waals surface area contributed by atoms with Crippen molar-refractivity contribution in [2.24, 2.45) is 5.92 Å². The Labute approximate surface area is 76.0 Å². The highest BCUT2D eigenvalue weighted by atomic mass is 19.3. The number of rotatable bonds is 2. The lowest BCUT2D eigenvalue weighted by atomic mass is 9.92. The second kappa shape index (κ2) is 3.55. The van der Waals surface area contributed by atoms with E-state index in [4.69, 9.17) is 0 Å². The van der Waals surface area contributed by atoms with Crippen molar-refractivity contribution in [3.63, 3.8) is 0 Å². The first-order valence-corrected chi connectivity index (χ1v) is 3.73. The Morgan fingerprint density at radius 1 is 1.21 bits per heavy atom. The van der Waals surface area contributed by atoms with Crippen LogP contribution in [0.4, 0.5) is 17.6 Å². The normalized spacial score (nSPS) is 20.1. The molecule has 0 aromatic rings. The Balaban J connectivity index is 2.77. The van der Waals surface area contributed by atoms with Crippen molar-refractivity contribution in [1.29, 1.82) is 0 Å². The summed E-state index contributed by atoms with van der Waals surface area (Å²) in [6.07, 6.45) is -5.60. The van der Waals surface area contributed by atoms with Crippen LogP contribution in [0.1, 0.15) is 12.8 Å². The minimum absolute atomic E-state index is 0.858. The molecule has 0 radical (unpaired) electrons. The number of ether oxygens (including phenoxy) is 1. The van der Waals surface area contributed by atoms with Gasteiger partial charge in [-0.2, -0.15) is 8.78 Å². The quantitative estimate of drug-likeness (QED) is 0.396. The van der Waals surface area contributed by atoms with Gasteiger partial charge in [0.2, 0.25) is 0 Å². The van der Waals surface area contributed by atoms with Gasteiger partial charge < -0.3 is 4.74 Å². The third kappa shape index (κ3) is 2.02. The van der Waals surface area contributed by atoms with Gasteiger partial charge in [0.25, 0.3) is 0 Å². The van der Waals surface area contributed by atoms with Gasteiger partial charge in [-0.3, -0.25) is 9.59 Å². The summed E-state index contributed by atoms with van der Waals surface area (Å²) in [5.41, 5.74) is 0. The SMILES string of the molecule is O=C1CC(C(F)(F)C(F)F)CC(=O)O1. The summed E-state index contributed by atoms with van der Waals surface area (Å²) in [6, 6.07) is 0. The summed E-state index contributed by atoms with van der Waals surface area (Å²) in [5, 5.41) is 0. The number of hydrogen-bond acceptors (Lipinski definition) is 3. The number of esters is 2. The maximum absolute atomic E-state index is 12.7. The van der Waals surface area contributed by atoms with Crippen LogP contribution in [0, 0.1) is 5.92 Å². The van der Waals surface area contributed by atoms with Crippen LogP contribution in [0.25, 0.3) is 0 Å². The first kappa shape index (κ1) is 10.9. The first-order valence-electron chi connectivity index (χ1n) is 3.73. The molecule has 1 heterocycles. The van der Waals surface area contributed by atoms with Gasteiger partial charge >= 0.3 is 24.3 Å². The summed E-state index contributed by atoms with van der Waals surface area (Å²) in [6.45, 7) is 0. The summed E-state index contributed by atoms with van der Waals surface area (Å²) in [4.78, 5) is 21.1. The van der Waals surface area contributed by atoms with Crippen LogP contribution in [0.15, 0.2) is 0 Å². The highest BCUT2D eigenvalue weighted by molar-refractivity contribution is 5.88. The molecular formula is C7H6F4O3. The van der Waals surface area contributed by atoms with E-state index in [1.807, 2.05) is 0 Å². The van der Waals surface area contributed by atoms with Crippen molar-refractivity contribution in [1.82, 2.24) is 0 Å². The first-order chi connectivity index (χ1) is 6.34. The molecule has 1 fully saturated rings. The molecule has 0 atom stereocenters. The van der Waals surface area contributed by atoms with Crippen LogP contribution in [-0.4, -0.2) is 24.3 Å². The van der Waals surface area contributed by atoms with Crippen LogP contribution in [-0.2, 0) is 14.3 Å². The van der Waals surface area contributed by atoms with Gasteiger partial charge in [-0.15, -0.1) is 0 Å². The Morgan fingerprint density at radius 2 is 1.64 bits per heavy atom. The predicted octanol–water partition coefficient (Wildman–Crippen LogP) is 1.37. The number of hydrogen-bond donors (Lipinski definition) is 0. The molecule has 1 rings (SSSR count). The summed E-state index contributed by atoms with van der Waals surface area (Å²) in [5.74, 6) is -8.66. The molecule has 14 heavy (non-hydrogen) atoms. The zero-order chi connectivity index (χ0) is 10.9. The molecule has 3 nitrogen and oxygen atoms in total. The van der Waals surface area contributed by atoms with Crippen molar-refractivity contribution in [3.8, 4) is 0 Å². The van der Waals surface area contributed by atoms with Crippen molar-refractivity contribution in [2.75, 3.05) is 0 Å². The summed E-state index contributed by atoms with van der Waals surface area (Å²) >= 11 is 0. The molecule has 0 unspecified atom stereocenters. The van der Waals surface area contributed by atoms with Crippen LogP contribution >= 0.6 is 0 Å². The molecule has 1 aliphatic rings. The Morgan fingerprint density at radius 3 is 2.00 bits per heavy atom. The minimum atomic E-state index is -4.32. The van der Waals surface area contributed by atoms with E-state index in [1.165, 1.54) is 0 Å². The summed E-state index contributed by atoms with van der Waals surface area (Å²) in [7, 11) is 0. The maximum Gasteiger partial charge on any atom is 0.313 e. The maximum atomic E-state index is 12.7. The molecule has 0 aromatic heterocycles. The fourth-order valence-corrected chi connectivity index (χ4v) is 1.14. The molecule has 1 saturated heterocycles. The number of halogens is 4. The third-order valence-electron chi connectivity index (χ3n) is 1.89. The molecule has 0 N–H and O–H groups in total. The standard InChI is InChI=1S/C7H6F4O3/c8-6(9)7(10,11)3-1-4(12)14-5(13)2-3/h3,6H,1-2H2. The number of alkyl halides is 4. The Bertz CT molecular complexity index is 248. The zero-order valence-corrected chi connectivity index (χ0v) is 6.81. The van der Waals surface area contributed by atoms with Gasteiger partial charge in [-0.1, -0.05) is 0 Å². The van der Waals surface area contributed by atoms with Gasteiger partial charge in [-0.25, -0.2) is 8.78 Å². The van der Waals surface area contributed by atoms with E-state index >= 15 is 0 Å². The molecule has 0 aromatic carbocycles. The molecule has 80 valence electrons. The van der Waals surface area contributed by atoms with E-state index in [0.29, 0.717) is 0 Å². The number of carbonyl (C=O) groups is 2. The fraction of sp³-hybridized carbons (Fsp3) is 0.714. The van der Waals surface area contributed by atoms with Gasteiger partial charge in [0.1, 0.15) is 0 Å². The van der Waals surface area contributed by atoms with Gasteiger partial charge in [-0.05, 0) is 0 Å². The highest BCUT2D eigenvalue weighted by Crippen LogP contribution is 2.37. The minimum Gasteiger partial charge on any atom is -0.393 e. The molecule has 0 amide bonds. The van der Waals surface area contributed by atoms with E-state index in [1.54, 1.807) is 0 Å². The van der Waals surface area contributed by atoms with E-state index in [0.717, 1.165) is 0 Å². The van der Waals surface area contributed by atoms with Crippen molar-refractivity contribution in [2.45, 2.75) is 25.2 Å². The highest BCUT2D eigenvalue weighted by Gasteiger charge is 2.52. The molecular weight excluding hydrogens is 208 g/mol. The van der Waals surface area contributed by atoms with Crippen LogP contribution in [0.2, 0.25) is 0 Å². The molecule has 0 spiro atoms. The number of carbonyl (C=O) groups excluding carboxylic acids is 2. The van der Waals surface area contributed by atoms with Gasteiger partial charge in [0.05, 0.1) is 12.8 Å². The fourth-order valence-electron chi connectivity index (χ4n) is 1.14.